The van der Waals surface area contributed by atoms with Crippen molar-refractivity contribution in [3.63, 3.8) is 0 Å². The van der Waals surface area contributed by atoms with Crippen LogP contribution in [0.1, 0.15) is 107 Å². The minimum atomic E-state index is 0.603. The van der Waals surface area contributed by atoms with Crippen molar-refractivity contribution in [2.75, 3.05) is 13.7 Å². The zero-order valence-electron chi connectivity index (χ0n) is 18.8. The summed E-state index contributed by atoms with van der Waals surface area (Å²) in [6, 6.07) is 5.28. The van der Waals surface area contributed by atoms with Gasteiger partial charge in [0.15, 0.2) is 11.5 Å². The van der Waals surface area contributed by atoms with Crippen LogP contribution in [-0.2, 0) is 0 Å². The molecule has 164 valence electrons. The highest BCUT2D eigenvalue weighted by atomic mass is 16.5. The molecule has 0 bridgehead atoms. The summed E-state index contributed by atoms with van der Waals surface area (Å²) >= 11 is 0. The lowest BCUT2D eigenvalue weighted by molar-refractivity contribution is 0.112. The highest BCUT2D eigenvalue weighted by molar-refractivity contribution is 5.76. The number of carbonyl (C=O) groups excluding carboxylic acids is 1. The average molecular weight is 403 g/mol. The standard InChI is InChI=1S/C26H42O3/c1-3-4-5-6-7-8-9-10-11-12-13-14-15-16-17-18-21-29-25-20-19-24(23-27)22-26(25)28-2/h10-11,19-20,22-23H,3-9,12-18,21H2,1-2H3. The number of benzene rings is 1. The molecule has 0 saturated carbocycles. The van der Waals surface area contributed by atoms with Gasteiger partial charge >= 0.3 is 0 Å². The van der Waals surface area contributed by atoms with Crippen molar-refractivity contribution in [2.24, 2.45) is 0 Å². The molecule has 0 radical (unpaired) electrons. The predicted octanol–water partition coefficient (Wildman–Crippen LogP) is 7.92. The highest BCUT2D eigenvalue weighted by Crippen LogP contribution is 2.27. The van der Waals surface area contributed by atoms with Crippen LogP contribution in [0.15, 0.2) is 30.4 Å². The fraction of sp³-hybridized carbons (Fsp3) is 0.654. The molecule has 1 rings (SSSR count). The molecular weight excluding hydrogens is 360 g/mol. The molecule has 0 amide bonds. The lowest BCUT2D eigenvalue weighted by Gasteiger charge is -2.11. The van der Waals surface area contributed by atoms with Crippen LogP contribution in [0, 0.1) is 0 Å². The number of carbonyl (C=O) groups is 1. The zero-order chi connectivity index (χ0) is 21.0. The monoisotopic (exact) mass is 402 g/mol. The summed E-state index contributed by atoms with van der Waals surface area (Å²) < 4.78 is 11.1. The van der Waals surface area contributed by atoms with Gasteiger partial charge in [0.25, 0.3) is 0 Å². The molecule has 3 heteroatoms. The molecule has 0 N–H and O–H groups in total. The van der Waals surface area contributed by atoms with E-state index in [0.29, 0.717) is 23.7 Å². The first-order valence-corrected chi connectivity index (χ1v) is 11.7. The van der Waals surface area contributed by atoms with Crippen molar-refractivity contribution in [3.8, 4) is 11.5 Å². The normalized spacial score (nSPS) is 11.1. The molecule has 1 aromatic carbocycles. The Labute approximate surface area is 178 Å². The second kappa shape index (κ2) is 18.3. The summed E-state index contributed by atoms with van der Waals surface area (Å²) in [5.41, 5.74) is 0.603. The first-order chi connectivity index (χ1) is 14.3. The number of allylic oxidation sites excluding steroid dienone is 2. The minimum Gasteiger partial charge on any atom is -0.493 e. The molecule has 3 nitrogen and oxygen atoms in total. The number of hydrogen-bond donors (Lipinski definition) is 0. The van der Waals surface area contributed by atoms with Crippen molar-refractivity contribution in [1.29, 1.82) is 0 Å². The highest BCUT2D eigenvalue weighted by Gasteiger charge is 2.05. The minimum absolute atomic E-state index is 0.603. The lowest BCUT2D eigenvalue weighted by Crippen LogP contribution is -2.00. The summed E-state index contributed by atoms with van der Waals surface area (Å²) in [4.78, 5) is 10.8. The molecule has 0 heterocycles. The molecule has 0 aliphatic heterocycles. The van der Waals surface area contributed by atoms with E-state index in [4.69, 9.17) is 9.47 Å². The maximum Gasteiger partial charge on any atom is 0.161 e. The Bertz CT molecular complexity index is 551. The van der Waals surface area contributed by atoms with Gasteiger partial charge in [0.05, 0.1) is 13.7 Å². The van der Waals surface area contributed by atoms with Crippen molar-refractivity contribution in [2.45, 2.75) is 96.8 Å². The lowest BCUT2D eigenvalue weighted by atomic mass is 10.1. The number of rotatable bonds is 19. The third-order valence-corrected chi connectivity index (χ3v) is 5.24. The fourth-order valence-electron chi connectivity index (χ4n) is 3.41. The zero-order valence-corrected chi connectivity index (χ0v) is 18.8. The molecule has 1 aromatic rings. The maximum absolute atomic E-state index is 10.8. The third kappa shape index (κ3) is 13.1. The molecule has 0 aliphatic carbocycles. The van der Waals surface area contributed by atoms with Gasteiger partial charge in [0.1, 0.15) is 6.29 Å². The molecule has 0 fully saturated rings. The van der Waals surface area contributed by atoms with Crippen LogP contribution in [-0.4, -0.2) is 20.0 Å². The van der Waals surface area contributed by atoms with Crippen molar-refractivity contribution in [3.05, 3.63) is 35.9 Å². The first-order valence-electron chi connectivity index (χ1n) is 11.7. The molecule has 0 aromatic heterocycles. The number of unbranched alkanes of at least 4 members (excludes halogenated alkanes) is 12. The summed E-state index contributed by atoms with van der Waals surface area (Å²) in [6.45, 7) is 2.96. The quantitative estimate of drug-likeness (QED) is 0.134. The van der Waals surface area contributed by atoms with Gasteiger partial charge in [-0.1, -0.05) is 76.9 Å². The molecule has 0 aliphatic rings. The van der Waals surface area contributed by atoms with Crippen LogP contribution in [0.3, 0.4) is 0 Å². The van der Waals surface area contributed by atoms with E-state index >= 15 is 0 Å². The van der Waals surface area contributed by atoms with Crippen molar-refractivity contribution < 1.29 is 14.3 Å². The predicted molar refractivity (Wildman–Crippen MR) is 123 cm³/mol. The van der Waals surface area contributed by atoms with Gasteiger partial charge in [-0.2, -0.15) is 0 Å². The molecule has 0 atom stereocenters. The van der Waals surface area contributed by atoms with Gasteiger partial charge in [-0.3, -0.25) is 4.79 Å². The van der Waals surface area contributed by atoms with Crippen LogP contribution in [0.4, 0.5) is 0 Å². The van der Waals surface area contributed by atoms with Gasteiger partial charge in [-0.25, -0.2) is 0 Å². The largest absolute Gasteiger partial charge is 0.493 e. The molecule has 0 saturated heterocycles. The van der Waals surface area contributed by atoms with E-state index in [0.717, 1.165) is 12.7 Å². The third-order valence-electron chi connectivity index (χ3n) is 5.24. The second-order valence-electron chi connectivity index (χ2n) is 7.81. The van der Waals surface area contributed by atoms with Crippen molar-refractivity contribution in [1.82, 2.24) is 0 Å². The number of hydrogen-bond acceptors (Lipinski definition) is 3. The van der Waals surface area contributed by atoms with E-state index in [-0.39, 0.29) is 0 Å². The molecular formula is C26H42O3. The smallest absolute Gasteiger partial charge is 0.161 e. The molecule has 0 unspecified atom stereocenters. The van der Waals surface area contributed by atoms with Gasteiger partial charge in [0, 0.05) is 5.56 Å². The Morgan fingerprint density at radius 3 is 1.93 bits per heavy atom. The summed E-state index contributed by atoms with van der Waals surface area (Å²) in [5.74, 6) is 1.34. The average Bonchev–Trinajstić information content (AvgIpc) is 2.75. The summed E-state index contributed by atoms with van der Waals surface area (Å²) in [6.07, 6.45) is 23.8. The Balaban J connectivity index is 1.91. The number of ether oxygens (including phenoxy) is 2. The Hall–Kier alpha value is -1.77. The van der Waals surface area contributed by atoms with Crippen LogP contribution in [0.25, 0.3) is 0 Å². The van der Waals surface area contributed by atoms with Gasteiger partial charge in [-0.15, -0.1) is 0 Å². The second-order valence-corrected chi connectivity index (χ2v) is 7.81. The van der Waals surface area contributed by atoms with E-state index in [2.05, 4.69) is 19.1 Å². The molecule has 29 heavy (non-hydrogen) atoms. The van der Waals surface area contributed by atoms with E-state index in [1.54, 1.807) is 19.2 Å². The Morgan fingerprint density at radius 1 is 0.759 bits per heavy atom. The maximum atomic E-state index is 10.8. The van der Waals surface area contributed by atoms with Gasteiger partial charge in [0.2, 0.25) is 0 Å². The summed E-state index contributed by atoms with van der Waals surface area (Å²) in [7, 11) is 1.60. The van der Waals surface area contributed by atoms with E-state index in [9.17, 15) is 4.79 Å². The topological polar surface area (TPSA) is 35.5 Å². The van der Waals surface area contributed by atoms with Crippen LogP contribution in [0.2, 0.25) is 0 Å². The van der Waals surface area contributed by atoms with Gasteiger partial charge < -0.3 is 9.47 Å². The number of aldehydes is 1. The van der Waals surface area contributed by atoms with Crippen LogP contribution >= 0.6 is 0 Å². The van der Waals surface area contributed by atoms with Crippen molar-refractivity contribution >= 4 is 6.29 Å². The Morgan fingerprint density at radius 2 is 1.34 bits per heavy atom. The Kier molecular flexibility index (Phi) is 15.9. The van der Waals surface area contributed by atoms with E-state index < -0.39 is 0 Å². The SMILES string of the molecule is CCCCCCCCC=CCCCCCCCCOc1ccc(C=O)cc1OC. The van der Waals surface area contributed by atoms with Crippen LogP contribution in [0.5, 0.6) is 11.5 Å². The fourth-order valence-corrected chi connectivity index (χ4v) is 3.41. The van der Waals surface area contributed by atoms with Crippen LogP contribution < -0.4 is 9.47 Å². The van der Waals surface area contributed by atoms with E-state index in [1.807, 2.05) is 6.07 Å². The van der Waals surface area contributed by atoms with E-state index in [1.165, 1.54) is 83.5 Å². The first kappa shape index (κ1) is 25.3. The van der Waals surface area contributed by atoms with Gasteiger partial charge in [-0.05, 0) is 50.3 Å². The molecule has 0 spiro atoms. The summed E-state index contributed by atoms with van der Waals surface area (Å²) in [5, 5.41) is 0. The number of methoxy groups -OCH3 is 1.